The summed E-state index contributed by atoms with van der Waals surface area (Å²) in [6, 6.07) is 11.3. The minimum atomic E-state index is -0.964. The number of aromatic nitrogens is 2. The Hall–Kier alpha value is -3.35. The highest BCUT2D eigenvalue weighted by molar-refractivity contribution is 6.07. The molecule has 1 N–H and O–H groups in total. The Kier molecular flexibility index (Phi) is 4.27. The standard InChI is InChI=1S/C20H16F2N4O/c1-12-8-13-4-2-3-5-18(13)26(12)19(27)14-10-23-20(24-11-14)25-15-6-7-16(21)17(22)9-15/h2-7,9-12H,8H2,1H3,(H,23,24,25). The Balaban J connectivity index is 1.54. The molecule has 2 aromatic carbocycles. The highest BCUT2D eigenvalue weighted by Crippen LogP contribution is 2.32. The Labute approximate surface area is 154 Å². The molecule has 0 radical (unpaired) electrons. The maximum atomic E-state index is 13.3. The van der Waals surface area contributed by atoms with Crippen molar-refractivity contribution in [2.75, 3.05) is 10.2 Å². The lowest BCUT2D eigenvalue weighted by Gasteiger charge is -2.22. The summed E-state index contributed by atoms with van der Waals surface area (Å²) in [4.78, 5) is 22.9. The SMILES string of the molecule is CC1Cc2ccccc2N1C(=O)c1cnc(Nc2ccc(F)c(F)c2)nc1. The number of carbonyl (C=O) groups is 1. The third-order valence-electron chi connectivity index (χ3n) is 4.50. The molecule has 27 heavy (non-hydrogen) atoms. The number of para-hydroxylation sites is 1. The second-order valence-electron chi connectivity index (χ2n) is 6.41. The van der Waals surface area contributed by atoms with Gasteiger partial charge < -0.3 is 10.2 Å². The van der Waals surface area contributed by atoms with Gasteiger partial charge in [-0.1, -0.05) is 18.2 Å². The van der Waals surface area contributed by atoms with E-state index >= 15 is 0 Å². The van der Waals surface area contributed by atoms with Crippen molar-refractivity contribution in [1.82, 2.24) is 9.97 Å². The topological polar surface area (TPSA) is 58.1 Å². The van der Waals surface area contributed by atoms with Crippen molar-refractivity contribution in [3.8, 4) is 0 Å². The van der Waals surface area contributed by atoms with E-state index in [1.807, 2.05) is 31.2 Å². The quantitative estimate of drug-likeness (QED) is 0.759. The maximum Gasteiger partial charge on any atom is 0.261 e. The molecule has 0 fully saturated rings. The fraction of sp³-hybridized carbons (Fsp3) is 0.150. The first kappa shape index (κ1) is 17.1. The summed E-state index contributed by atoms with van der Waals surface area (Å²) in [5, 5.41) is 2.78. The predicted molar refractivity (Wildman–Crippen MR) is 98.1 cm³/mol. The number of nitrogens with zero attached hydrogens (tertiary/aromatic N) is 3. The van der Waals surface area contributed by atoms with Crippen LogP contribution < -0.4 is 10.2 Å². The summed E-state index contributed by atoms with van der Waals surface area (Å²) in [5.74, 6) is -1.88. The molecule has 7 heteroatoms. The lowest BCUT2D eigenvalue weighted by molar-refractivity contribution is 0.0981. The predicted octanol–water partition coefficient (Wildman–Crippen LogP) is 4.09. The molecule has 1 aliphatic rings. The third kappa shape index (κ3) is 3.23. The van der Waals surface area contributed by atoms with Crippen LogP contribution in [0.25, 0.3) is 0 Å². The number of carbonyl (C=O) groups excluding carboxylic acids is 1. The molecule has 0 aliphatic carbocycles. The van der Waals surface area contributed by atoms with Crippen molar-refractivity contribution in [3.63, 3.8) is 0 Å². The minimum Gasteiger partial charge on any atom is -0.324 e. The highest BCUT2D eigenvalue weighted by atomic mass is 19.2. The first-order valence-electron chi connectivity index (χ1n) is 8.48. The van der Waals surface area contributed by atoms with Crippen LogP contribution >= 0.6 is 0 Å². The molecule has 5 nitrogen and oxygen atoms in total. The molecular formula is C20H16F2N4O. The minimum absolute atomic E-state index is 0.0508. The monoisotopic (exact) mass is 366 g/mol. The van der Waals surface area contributed by atoms with Gasteiger partial charge in [-0.3, -0.25) is 4.79 Å². The smallest absolute Gasteiger partial charge is 0.261 e. The van der Waals surface area contributed by atoms with E-state index in [4.69, 9.17) is 0 Å². The number of amides is 1. The van der Waals surface area contributed by atoms with E-state index in [-0.39, 0.29) is 17.9 Å². The third-order valence-corrected chi connectivity index (χ3v) is 4.50. The molecule has 0 saturated heterocycles. The Morgan fingerprint density at radius 3 is 2.59 bits per heavy atom. The van der Waals surface area contributed by atoms with Crippen LogP contribution in [0.3, 0.4) is 0 Å². The lowest BCUT2D eigenvalue weighted by Crippen LogP contribution is -2.35. The zero-order valence-corrected chi connectivity index (χ0v) is 14.5. The number of hydrogen-bond donors (Lipinski definition) is 1. The molecule has 0 spiro atoms. The largest absolute Gasteiger partial charge is 0.324 e. The zero-order chi connectivity index (χ0) is 19.0. The fourth-order valence-electron chi connectivity index (χ4n) is 3.22. The first-order valence-corrected chi connectivity index (χ1v) is 8.48. The van der Waals surface area contributed by atoms with E-state index < -0.39 is 11.6 Å². The van der Waals surface area contributed by atoms with Crippen LogP contribution in [0.5, 0.6) is 0 Å². The van der Waals surface area contributed by atoms with Gasteiger partial charge in [-0.2, -0.15) is 0 Å². The summed E-state index contributed by atoms with van der Waals surface area (Å²) in [6.45, 7) is 2.00. The average Bonchev–Trinajstić information content (AvgIpc) is 3.00. The summed E-state index contributed by atoms with van der Waals surface area (Å²) in [5.41, 5.74) is 2.71. The molecule has 1 aromatic heterocycles. The van der Waals surface area contributed by atoms with Crippen LogP contribution in [0, 0.1) is 11.6 Å². The zero-order valence-electron chi connectivity index (χ0n) is 14.5. The van der Waals surface area contributed by atoms with Gasteiger partial charge >= 0.3 is 0 Å². The van der Waals surface area contributed by atoms with Crippen molar-refractivity contribution in [1.29, 1.82) is 0 Å². The second-order valence-corrected chi connectivity index (χ2v) is 6.41. The van der Waals surface area contributed by atoms with Gasteiger partial charge in [-0.15, -0.1) is 0 Å². The van der Waals surface area contributed by atoms with Crippen molar-refractivity contribution < 1.29 is 13.6 Å². The molecule has 1 aliphatic heterocycles. The first-order chi connectivity index (χ1) is 13.0. The van der Waals surface area contributed by atoms with Crippen LogP contribution in [0.1, 0.15) is 22.8 Å². The van der Waals surface area contributed by atoms with Crippen molar-refractivity contribution in [3.05, 3.63) is 77.6 Å². The molecule has 0 bridgehead atoms. The molecule has 1 unspecified atom stereocenters. The number of fused-ring (bicyclic) bond motifs is 1. The van der Waals surface area contributed by atoms with Gasteiger partial charge in [0.25, 0.3) is 5.91 Å². The average molecular weight is 366 g/mol. The number of anilines is 3. The van der Waals surface area contributed by atoms with E-state index in [0.717, 1.165) is 29.8 Å². The van der Waals surface area contributed by atoms with Gasteiger partial charge in [0.15, 0.2) is 11.6 Å². The van der Waals surface area contributed by atoms with Crippen molar-refractivity contribution in [2.45, 2.75) is 19.4 Å². The van der Waals surface area contributed by atoms with Crippen molar-refractivity contribution in [2.24, 2.45) is 0 Å². The molecule has 0 saturated carbocycles. The Morgan fingerprint density at radius 1 is 1.11 bits per heavy atom. The second kappa shape index (κ2) is 6.75. The maximum absolute atomic E-state index is 13.3. The van der Waals surface area contributed by atoms with Crippen molar-refractivity contribution >= 4 is 23.2 Å². The molecule has 136 valence electrons. The highest BCUT2D eigenvalue weighted by Gasteiger charge is 2.31. The normalized spacial score (nSPS) is 15.5. The molecule has 1 amide bonds. The summed E-state index contributed by atoms with van der Waals surface area (Å²) >= 11 is 0. The number of benzene rings is 2. The summed E-state index contributed by atoms with van der Waals surface area (Å²) < 4.78 is 26.3. The van der Waals surface area contributed by atoms with Crippen LogP contribution in [0.4, 0.5) is 26.1 Å². The van der Waals surface area contributed by atoms with Crippen LogP contribution in [0.2, 0.25) is 0 Å². The number of nitrogens with one attached hydrogen (secondary N) is 1. The van der Waals surface area contributed by atoms with E-state index in [9.17, 15) is 13.6 Å². The van der Waals surface area contributed by atoms with Gasteiger partial charge in [0.05, 0.1) is 5.56 Å². The van der Waals surface area contributed by atoms with Gasteiger partial charge in [0.1, 0.15) is 0 Å². The van der Waals surface area contributed by atoms with Crippen LogP contribution in [0.15, 0.2) is 54.9 Å². The number of hydrogen-bond acceptors (Lipinski definition) is 4. The number of rotatable bonds is 3. The Bertz CT molecular complexity index is 1010. The molecular weight excluding hydrogens is 350 g/mol. The van der Waals surface area contributed by atoms with E-state index in [0.29, 0.717) is 11.3 Å². The van der Waals surface area contributed by atoms with Gasteiger partial charge in [0.2, 0.25) is 5.95 Å². The number of halogens is 2. The Morgan fingerprint density at radius 2 is 1.85 bits per heavy atom. The molecule has 2 heterocycles. The van der Waals surface area contributed by atoms with E-state index in [1.54, 1.807) is 4.90 Å². The summed E-state index contributed by atoms with van der Waals surface area (Å²) in [7, 11) is 0. The summed E-state index contributed by atoms with van der Waals surface area (Å²) in [6.07, 6.45) is 3.65. The lowest BCUT2D eigenvalue weighted by atomic mass is 10.1. The molecule has 4 rings (SSSR count). The van der Waals surface area contributed by atoms with E-state index in [1.165, 1.54) is 18.5 Å². The molecule has 3 aromatic rings. The van der Waals surface area contributed by atoms with Crippen LogP contribution in [-0.4, -0.2) is 21.9 Å². The van der Waals surface area contributed by atoms with Gasteiger partial charge in [-0.25, -0.2) is 18.7 Å². The van der Waals surface area contributed by atoms with E-state index in [2.05, 4.69) is 15.3 Å². The fourth-order valence-corrected chi connectivity index (χ4v) is 3.22. The van der Waals surface area contributed by atoms with Gasteiger partial charge in [-0.05, 0) is 37.1 Å². The molecule has 1 atom stereocenters. The van der Waals surface area contributed by atoms with Gasteiger partial charge in [0, 0.05) is 35.9 Å². The van der Waals surface area contributed by atoms with Crippen LogP contribution in [-0.2, 0) is 6.42 Å².